The fourth-order valence-corrected chi connectivity index (χ4v) is 3.09. The van der Waals surface area contributed by atoms with E-state index in [1.165, 1.54) is 19.1 Å². The number of carbonyl (C=O) groups is 4. The molecule has 1 heterocycles. The lowest BCUT2D eigenvalue weighted by Gasteiger charge is -2.23. The summed E-state index contributed by atoms with van der Waals surface area (Å²) in [7, 11) is 0. The van der Waals surface area contributed by atoms with E-state index in [4.69, 9.17) is 4.74 Å². The van der Waals surface area contributed by atoms with Crippen molar-refractivity contribution in [2.24, 2.45) is 0 Å². The van der Waals surface area contributed by atoms with Crippen LogP contribution in [-0.4, -0.2) is 53.4 Å². The minimum Gasteiger partial charge on any atom is -0.451 e. The van der Waals surface area contributed by atoms with E-state index in [-0.39, 0.29) is 12.4 Å². The minimum absolute atomic E-state index is 0.287. The minimum atomic E-state index is -1.08. The number of nitrogens with one attached hydrogen (secondary N) is 2. The smallest absolute Gasteiger partial charge is 0.327 e. The normalized spacial score (nSPS) is 16.3. The molecule has 29 heavy (non-hydrogen) atoms. The highest BCUT2D eigenvalue weighted by Gasteiger charge is 2.49. The molecule has 0 bridgehead atoms. The average Bonchev–Trinajstić information content (AvgIpc) is 2.93. The number of halogens is 1. The third kappa shape index (κ3) is 5.30. The van der Waals surface area contributed by atoms with Crippen molar-refractivity contribution in [1.29, 1.82) is 0 Å². The van der Waals surface area contributed by atoms with E-state index in [0.29, 0.717) is 19.3 Å². The van der Waals surface area contributed by atoms with Crippen LogP contribution in [0.4, 0.5) is 9.18 Å². The topological polar surface area (TPSA) is 105 Å². The standard InChI is InChI=1S/C20H26FN3O5/c1-4-20(5-2)18(27)24(19(28)23-20)12-16(25)29-13(3)17(26)22-11-10-14-6-8-15(21)9-7-14/h6-9,13H,4-5,10-12H2,1-3H3,(H,22,26)(H,23,28)/t13-/m0/s1. The van der Waals surface area contributed by atoms with Crippen molar-refractivity contribution in [3.05, 3.63) is 35.6 Å². The summed E-state index contributed by atoms with van der Waals surface area (Å²) in [5.74, 6) is -2.16. The molecule has 1 aliphatic heterocycles. The number of amides is 4. The summed E-state index contributed by atoms with van der Waals surface area (Å²) in [6.07, 6.45) is 0.225. The molecular weight excluding hydrogens is 381 g/mol. The van der Waals surface area contributed by atoms with Crippen LogP contribution in [-0.2, 0) is 25.5 Å². The molecule has 1 atom stereocenters. The molecule has 158 valence electrons. The van der Waals surface area contributed by atoms with E-state index in [2.05, 4.69) is 10.6 Å². The number of esters is 1. The van der Waals surface area contributed by atoms with Gasteiger partial charge in [0.15, 0.2) is 6.10 Å². The number of imide groups is 1. The average molecular weight is 407 g/mol. The largest absolute Gasteiger partial charge is 0.451 e. The molecule has 0 spiro atoms. The predicted molar refractivity (Wildman–Crippen MR) is 102 cm³/mol. The van der Waals surface area contributed by atoms with Gasteiger partial charge in [0.05, 0.1) is 0 Å². The van der Waals surface area contributed by atoms with Crippen LogP contribution < -0.4 is 10.6 Å². The lowest BCUT2D eigenvalue weighted by Crippen LogP contribution is -2.46. The van der Waals surface area contributed by atoms with Gasteiger partial charge in [0.1, 0.15) is 17.9 Å². The van der Waals surface area contributed by atoms with Gasteiger partial charge in [0.2, 0.25) is 0 Å². The molecule has 1 aliphatic rings. The Morgan fingerprint density at radius 1 is 1.21 bits per heavy atom. The number of carbonyl (C=O) groups excluding carboxylic acids is 4. The first-order valence-corrected chi connectivity index (χ1v) is 9.58. The summed E-state index contributed by atoms with van der Waals surface area (Å²) in [5.41, 5.74) is -0.147. The molecular formula is C20H26FN3O5. The van der Waals surface area contributed by atoms with Crippen molar-refractivity contribution in [2.75, 3.05) is 13.1 Å². The third-order valence-corrected chi connectivity index (χ3v) is 5.04. The predicted octanol–water partition coefficient (Wildman–Crippen LogP) is 1.53. The lowest BCUT2D eigenvalue weighted by atomic mass is 9.93. The lowest BCUT2D eigenvalue weighted by molar-refractivity contribution is -0.156. The molecule has 9 heteroatoms. The summed E-state index contributed by atoms with van der Waals surface area (Å²) in [6.45, 7) is 4.69. The van der Waals surface area contributed by atoms with Crippen LogP contribution in [0, 0.1) is 5.82 Å². The van der Waals surface area contributed by atoms with Crippen molar-refractivity contribution < 1.29 is 28.3 Å². The van der Waals surface area contributed by atoms with E-state index in [0.717, 1.165) is 10.5 Å². The Bertz CT molecular complexity index is 777. The van der Waals surface area contributed by atoms with Gasteiger partial charge >= 0.3 is 12.0 Å². The molecule has 4 amide bonds. The SMILES string of the molecule is CCC1(CC)NC(=O)N(CC(=O)O[C@@H](C)C(=O)NCCc2ccc(F)cc2)C1=O. The maximum absolute atomic E-state index is 12.9. The number of rotatable bonds is 9. The molecule has 1 fully saturated rings. The molecule has 2 N–H and O–H groups in total. The zero-order valence-corrected chi connectivity index (χ0v) is 16.8. The monoisotopic (exact) mass is 407 g/mol. The number of urea groups is 1. The molecule has 1 saturated heterocycles. The Labute approximate surface area is 168 Å². The maximum atomic E-state index is 12.9. The van der Waals surface area contributed by atoms with Gasteiger partial charge in [-0.3, -0.25) is 19.3 Å². The van der Waals surface area contributed by atoms with Gasteiger partial charge in [0, 0.05) is 6.54 Å². The van der Waals surface area contributed by atoms with Gasteiger partial charge in [0.25, 0.3) is 11.8 Å². The molecule has 2 rings (SSSR count). The van der Waals surface area contributed by atoms with E-state index >= 15 is 0 Å². The second-order valence-corrected chi connectivity index (χ2v) is 6.91. The highest BCUT2D eigenvalue weighted by Crippen LogP contribution is 2.24. The Balaban J connectivity index is 1.80. The van der Waals surface area contributed by atoms with Gasteiger partial charge in [-0.1, -0.05) is 26.0 Å². The summed E-state index contributed by atoms with van der Waals surface area (Å²) in [6, 6.07) is 5.27. The number of nitrogens with zero attached hydrogens (tertiary/aromatic N) is 1. The Morgan fingerprint density at radius 2 is 1.83 bits per heavy atom. The molecule has 1 aromatic rings. The summed E-state index contributed by atoms with van der Waals surface area (Å²) in [4.78, 5) is 49.5. The molecule has 0 unspecified atom stereocenters. The van der Waals surface area contributed by atoms with Crippen molar-refractivity contribution in [3.8, 4) is 0 Å². The molecule has 0 aliphatic carbocycles. The van der Waals surface area contributed by atoms with Gasteiger partial charge in [-0.05, 0) is 43.9 Å². The van der Waals surface area contributed by atoms with Crippen LogP contribution in [0.25, 0.3) is 0 Å². The first-order valence-electron chi connectivity index (χ1n) is 9.58. The molecule has 0 aromatic heterocycles. The fraction of sp³-hybridized carbons (Fsp3) is 0.500. The van der Waals surface area contributed by atoms with E-state index in [1.54, 1.807) is 26.0 Å². The van der Waals surface area contributed by atoms with Crippen molar-refractivity contribution in [2.45, 2.75) is 51.7 Å². The molecule has 0 saturated carbocycles. The van der Waals surface area contributed by atoms with Crippen LogP contribution in [0.15, 0.2) is 24.3 Å². The highest BCUT2D eigenvalue weighted by atomic mass is 19.1. The summed E-state index contributed by atoms with van der Waals surface area (Å²) >= 11 is 0. The number of hydrogen-bond acceptors (Lipinski definition) is 5. The summed E-state index contributed by atoms with van der Waals surface area (Å²) < 4.78 is 17.9. The maximum Gasteiger partial charge on any atom is 0.327 e. The number of hydrogen-bond donors (Lipinski definition) is 2. The van der Waals surface area contributed by atoms with Crippen molar-refractivity contribution >= 4 is 23.8 Å². The zero-order valence-electron chi connectivity index (χ0n) is 16.8. The number of ether oxygens (including phenoxy) is 1. The highest BCUT2D eigenvalue weighted by molar-refractivity contribution is 6.08. The fourth-order valence-electron chi connectivity index (χ4n) is 3.09. The van der Waals surface area contributed by atoms with Crippen LogP contribution >= 0.6 is 0 Å². The second-order valence-electron chi connectivity index (χ2n) is 6.91. The van der Waals surface area contributed by atoms with Gasteiger partial charge in [-0.25, -0.2) is 9.18 Å². The van der Waals surface area contributed by atoms with E-state index in [9.17, 15) is 23.6 Å². The Kier molecular flexibility index (Phi) is 7.30. The van der Waals surface area contributed by atoms with Gasteiger partial charge < -0.3 is 15.4 Å². The van der Waals surface area contributed by atoms with E-state index in [1.807, 2.05) is 0 Å². The van der Waals surface area contributed by atoms with Crippen LogP contribution in [0.3, 0.4) is 0 Å². The first-order chi connectivity index (χ1) is 13.7. The first kappa shape index (κ1) is 22.3. The van der Waals surface area contributed by atoms with E-state index < -0.39 is 42.0 Å². The Hall–Kier alpha value is -2.97. The second kappa shape index (κ2) is 9.49. The quantitative estimate of drug-likeness (QED) is 0.477. The number of benzene rings is 1. The molecule has 8 nitrogen and oxygen atoms in total. The molecule has 0 radical (unpaired) electrons. The van der Waals surface area contributed by atoms with Gasteiger partial charge in [-0.15, -0.1) is 0 Å². The van der Waals surface area contributed by atoms with Crippen LogP contribution in [0.2, 0.25) is 0 Å². The zero-order chi connectivity index (χ0) is 21.6. The third-order valence-electron chi connectivity index (χ3n) is 5.04. The molecule has 1 aromatic carbocycles. The van der Waals surface area contributed by atoms with Crippen LogP contribution in [0.5, 0.6) is 0 Å². The van der Waals surface area contributed by atoms with Crippen LogP contribution in [0.1, 0.15) is 39.2 Å². The summed E-state index contributed by atoms with van der Waals surface area (Å²) in [5, 5.41) is 5.25. The Morgan fingerprint density at radius 3 is 2.38 bits per heavy atom. The van der Waals surface area contributed by atoms with Crippen molar-refractivity contribution in [1.82, 2.24) is 15.5 Å². The van der Waals surface area contributed by atoms with Gasteiger partial charge in [-0.2, -0.15) is 0 Å². The van der Waals surface area contributed by atoms with Crippen molar-refractivity contribution in [3.63, 3.8) is 0 Å².